The van der Waals surface area contributed by atoms with Crippen molar-refractivity contribution in [2.75, 3.05) is 0 Å². The molecular weight excluding hydrogens is 306 g/mol. The minimum Gasteiger partial charge on any atom is -0.455 e. The Morgan fingerprint density at radius 3 is 2.16 bits per heavy atom. The first-order chi connectivity index (χ1) is 12.2. The summed E-state index contributed by atoms with van der Waals surface area (Å²) in [5.74, 6) is 0.793. The van der Waals surface area contributed by atoms with Crippen LogP contribution < -0.4 is 21.2 Å². The normalized spacial score (nSPS) is 14.7. The Bertz CT molecular complexity index is 1070. The van der Waals surface area contributed by atoms with Crippen molar-refractivity contribution in [1.29, 1.82) is 0 Å². The summed E-state index contributed by atoms with van der Waals surface area (Å²) in [5, 5.41) is 3.08. The highest BCUT2D eigenvalue weighted by Crippen LogP contribution is 2.22. The van der Waals surface area contributed by atoms with Crippen LogP contribution in [0.5, 0.6) is 0 Å². The molecule has 0 unspecified atom stereocenters. The van der Waals surface area contributed by atoms with Gasteiger partial charge >= 0.3 is 0 Å². The smallest absolute Gasteiger partial charge is 0.145 e. The topological polar surface area (TPSA) is 28.9 Å². The van der Waals surface area contributed by atoms with Crippen molar-refractivity contribution in [2.45, 2.75) is 20.8 Å². The van der Waals surface area contributed by atoms with Crippen LogP contribution >= 0.6 is 0 Å². The highest BCUT2D eigenvalue weighted by molar-refractivity contribution is 5.78. The number of aromatic amines is 1. The molecule has 2 rings (SSSR count). The molecule has 25 heavy (non-hydrogen) atoms. The number of rotatable bonds is 5. The molecule has 2 heterocycles. The van der Waals surface area contributed by atoms with E-state index in [1.807, 2.05) is 63.3 Å². The predicted molar refractivity (Wildman–Crippen MR) is 111 cm³/mol. The molecule has 2 aromatic rings. The van der Waals surface area contributed by atoms with Crippen molar-refractivity contribution >= 4 is 36.5 Å². The lowest BCUT2D eigenvalue weighted by Gasteiger charge is -1.99. The van der Waals surface area contributed by atoms with E-state index in [-0.39, 0.29) is 0 Å². The molecule has 0 atom stereocenters. The second-order valence-electron chi connectivity index (χ2n) is 5.44. The molecule has 1 N–H and O–H groups in total. The fourth-order valence-corrected chi connectivity index (χ4v) is 2.97. The zero-order valence-electron chi connectivity index (χ0n) is 15.2. The van der Waals surface area contributed by atoms with Crippen molar-refractivity contribution < 1.29 is 4.42 Å². The van der Waals surface area contributed by atoms with Crippen LogP contribution in [0, 0.1) is 0 Å². The lowest BCUT2D eigenvalue weighted by atomic mass is 10.0. The molecule has 2 nitrogen and oxygen atoms in total. The molecule has 0 fully saturated rings. The van der Waals surface area contributed by atoms with E-state index < -0.39 is 0 Å². The monoisotopic (exact) mass is 331 g/mol. The van der Waals surface area contributed by atoms with Crippen LogP contribution in [0.4, 0.5) is 0 Å². The van der Waals surface area contributed by atoms with Gasteiger partial charge in [0.05, 0.1) is 5.56 Å². The van der Waals surface area contributed by atoms with Crippen molar-refractivity contribution in [1.82, 2.24) is 4.98 Å². The third-order valence-electron chi connectivity index (χ3n) is 4.05. The van der Waals surface area contributed by atoms with Crippen LogP contribution in [0.2, 0.25) is 0 Å². The summed E-state index contributed by atoms with van der Waals surface area (Å²) >= 11 is 0. The van der Waals surface area contributed by atoms with Crippen molar-refractivity contribution in [3.05, 3.63) is 70.4 Å². The molecule has 0 aromatic carbocycles. The molecule has 0 aliphatic carbocycles. The number of aromatic nitrogens is 1. The van der Waals surface area contributed by atoms with Gasteiger partial charge in [-0.15, -0.1) is 0 Å². The Morgan fingerprint density at radius 2 is 1.64 bits per heavy atom. The van der Waals surface area contributed by atoms with Crippen LogP contribution in [0.1, 0.15) is 32.0 Å². The third kappa shape index (κ3) is 3.29. The first-order valence-corrected chi connectivity index (χ1v) is 8.35. The number of H-pyrrole nitrogens is 1. The average Bonchev–Trinajstić information content (AvgIpc) is 3.16. The fraction of sp³-hybridized carbons (Fsp3) is 0.130. The Balaban J connectivity index is 3.06. The van der Waals surface area contributed by atoms with Gasteiger partial charge in [0.1, 0.15) is 11.2 Å². The molecule has 2 aromatic heterocycles. The van der Waals surface area contributed by atoms with Gasteiger partial charge < -0.3 is 9.40 Å². The number of allylic oxidation sites excluding steroid dienone is 3. The van der Waals surface area contributed by atoms with E-state index in [9.17, 15) is 0 Å². The van der Waals surface area contributed by atoms with E-state index in [2.05, 4.69) is 30.8 Å². The maximum absolute atomic E-state index is 6.26. The largest absolute Gasteiger partial charge is 0.455 e. The molecule has 2 heteroatoms. The maximum Gasteiger partial charge on any atom is 0.145 e. The van der Waals surface area contributed by atoms with E-state index in [0.717, 1.165) is 43.8 Å². The standard InChI is InChI=1S/C23H25NO/c1-7-13-15-21-16(9-3)17(10-4)23(25-21)22-18(11-5)20(14-8-2)24-19(22)12-6/h7-15,24H,2,4,6H2,1,3,5H3/b13-7-,16-9-,18-11+,20-14+,21-15+. The molecule has 0 amide bonds. The van der Waals surface area contributed by atoms with Gasteiger partial charge in [-0.05, 0) is 39.0 Å². The lowest BCUT2D eigenvalue weighted by molar-refractivity contribution is 0.545. The van der Waals surface area contributed by atoms with Crippen LogP contribution in [0.25, 0.3) is 47.8 Å². The molecular formula is C23H25NO. The van der Waals surface area contributed by atoms with Crippen LogP contribution in [0.3, 0.4) is 0 Å². The first-order valence-electron chi connectivity index (χ1n) is 8.35. The molecule has 0 saturated carbocycles. The summed E-state index contributed by atoms with van der Waals surface area (Å²) < 4.78 is 6.26. The Morgan fingerprint density at radius 1 is 0.920 bits per heavy atom. The van der Waals surface area contributed by atoms with E-state index in [1.165, 1.54) is 0 Å². The van der Waals surface area contributed by atoms with Crippen LogP contribution in [0.15, 0.2) is 42.4 Å². The molecule has 0 aliphatic rings. The van der Waals surface area contributed by atoms with Gasteiger partial charge in [-0.3, -0.25) is 0 Å². The van der Waals surface area contributed by atoms with Crippen molar-refractivity contribution in [3.8, 4) is 11.3 Å². The Kier molecular flexibility index (Phi) is 6.02. The van der Waals surface area contributed by atoms with Gasteiger partial charge in [-0.1, -0.05) is 56.2 Å². The number of furan rings is 1. The quantitative estimate of drug-likeness (QED) is 0.893. The SMILES string of the molecule is C=C/C=c1/[nH]c(C=C)c(-c2oc(=C/C=C\C)/c(=C\C)c2C=C)/c1=C/C. The van der Waals surface area contributed by atoms with Gasteiger partial charge in [-0.25, -0.2) is 0 Å². The number of nitrogens with one attached hydrogen (secondary N) is 1. The van der Waals surface area contributed by atoms with E-state index in [4.69, 9.17) is 4.42 Å². The summed E-state index contributed by atoms with van der Waals surface area (Å²) in [7, 11) is 0. The fourth-order valence-electron chi connectivity index (χ4n) is 2.97. The molecule has 0 aliphatic heterocycles. The van der Waals surface area contributed by atoms with Gasteiger partial charge in [0.2, 0.25) is 0 Å². The minimum absolute atomic E-state index is 0.793. The number of hydrogen-bond acceptors (Lipinski definition) is 1. The Hall–Kier alpha value is -3.00. The van der Waals surface area contributed by atoms with Crippen molar-refractivity contribution in [2.24, 2.45) is 0 Å². The van der Waals surface area contributed by atoms with Crippen LogP contribution in [-0.4, -0.2) is 4.98 Å². The van der Waals surface area contributed by atoms with E-state index in [1.54, 1.807) is 6.08 Å². The summed E-state index contributed by atoms with van der Waals surface area (Å²) in [6.45, 7) is 17.7. The molecule has 128 valence electrons. The third-order valence-corrected chi connectivity index (χ3v) is 4.05. The molecule has 0 spiro atoms. The van der Waals surface area contributed by atoms with Crippen molar-refractivity contribution in [3.63, 3.8) is 0 Å². The van der Waals surface area contributed by atoms with E-state index >= 15 is 0 Å². The zero-order valence-corrected chi connectivity index (χ0v) is 15.2. The Labute approximate surface area is 148 Å². The predicted octanol–water partition coefficient (Wildman–Crippen LogP) is 3.48. The van der Waals surface area contributed by atoms with Gasteiger partial charge in [0.15, 0.2) is 0 Å². The molecule has 0 saturated heterocycles. The minimum atomic E-state index is 0.793. The summed E-state index contributed by atoms with van der Waals surface area (Å²) in [4.78, 5) is 3.39. The van der Waals surface area contributed by atoms with Gasteiger partial charge in [-0.2, -0.15) is 0 Å². The van der Waals surface area contributed by atoms with Crippen LogP contribution in [-0.2, 0) is 0 Å². The highest BCUT2D eigenvalue weighted by Gasteiger charge is 2.17. The van der Waals surface area contributed by atoms with E-state index in [0.29, 0.717) is 0 Å². The average molecular weight is 331 g/mol. The second kappa shape index (κ2) is 8.20. The summed E-state index contributed by atoms with van der Waals surface area (Å²) in [5.41, 5.74) is 3.70. The second-order valence-corrected chi connectivity index (χ2v) is 5.44. The number of hydrogen-bond donors (Lipinski definition) is 1. The maximum atomic E-state index is 6.26. The summed E-state index contributed by atoms with van der Waals surface area (Å²) in [6, 6.07) is 0. The zero-order chi connectivity index (χ0) is 18.4. The van der Waals surface area contributed by atoms with Gasteiger partial charge in [0.25, 0.3) is 0 Å². The highest BCUT2D eigenvalue weighted by atomic mass is 16.3. The van der Waals surface area contributed by atoms with Gasteiger partial charge in [0, 0.05) is 27.0 Å². The lowest BCUT2D eigenvalue weighted by Crippen LogP contribution is -2.23. The summed E-state index contributed by atoms with van der Waals surface area (Å²) in [6.07, 6.45) is 17.4. The molecule has 0 radical (unpaired) electrons. The first kappa shape index (κ1) is 18.3. The molecule has 0 bridgehead atoms.